The first kappa shape index (κ1) is 14.1. The fourth-order valence-electron chi connectivity index (χ4n) is 2.49. The number of nitrogens with one attached hydrogen (secondary N) is 1. The largest absolute Gasteiger partial charge is 0.309 e. The molecule has 104 valence electrons. The number of hydrogen-bond donors (Lipinski definition) is 1. The Labute approximate surface area is 116 Å². The molecule has 19 heavy (non-hydrogen) atoms. The SMILES string of the molecule is CCCCCC(C)NCc1nn(C)c2ccccc12. The van der Waals surface area contributed by atoms with Gasteiger partial charge >= 0.3 is 0 Å². The lowest BCUT2D eigenvalue weighted by Crippen LogP contribution is -2.25. The molecule has 1 heterocycles. The average Bonchev–Trinajstić information content (AvgIpc) is 2.74. The second kappa shape index (κ2) is 6.71. The van der Waals surface area contributed by atoms with Crippen molar-refractivity contribution in [2.75, 3.05) is 0 Å². The minimum atomic E-state index is 0.562. The summed E-state index contributed by atoms with van der Waals surface area (Å²) in [4.78, 5) is 0. The van der Waals surface area contributed by atoms with E-state index in [2.05, 4.69) is 48.5 Å². The Balaban J connectivity index is 1.94. The first-order valence-corrected chi connectivity index (χ1v) is 7.36. The molecular weight excluding hydrogens is 234 g/mol. The van der Waals surface area contributed by atoms with Gasteiger partial charge in [0.25, 0.3) is 0 Å². The van der Waals surface area contributed by atoms with Crippen LogP contribution >= 0.6 is 0 Å². The quantitative estimate of drug-likeness (QED) is 0.769. The number of rotatable bonds is 7. The number of fused-ring (bicyclic) bond motifs is 1. The molecule has 1 aromatic carbocycles. The molecule has 0 aliphatic carbocycles. The Hall–Kier alpha value is -1.35. The number of aromatic nitrogens is 2. The first-order valence-electron chi connectivity index (χ1n) is 7.36. The predicted molar refractivity (Wildman–Crippen MR) is 81.2 cm³/mol. The van der Waals surface area contributed by atoms with Crippen LogP contribution in [0.2, 0.25) is 0 Å². The molecule has 3 nitrogen and oxygen atoms in total. The van der Waals surface area contributed by atoms with Crippen LogP contribution in [0.4, 0.5) is 0 Å². The van der Waals surface area contributed by atoms with Crippen LogP contribution in [0.1, 0.15) is 45.2 Å². The third-order valence-corrected chi connectivity index (χ3v) is 3.69. The average molecular weight is 259 g/mol. The molecule has 0 radical (unpaired) electrons. The van der Waals surface area contributed by atoms with Gasteiger partial charge in [-0.1, -0.05) is 44.4 Å². The molecule has 3 heteroatoms. The molecule has 1 atom stereocenters. The third-order valence-electron chi connectivity index (χ3n) is 3.69. The molecule has 0 bridgehead atoms. The number of nitrogens with zero attached hydrogens (tertiary/aromatic N) is 2. The number of para-hydroxylation sites is 1. The third kappa shape index (κ3) is 3.57. The summed E-state index contributed by atoms with van der Waals surface area (Å²) in [5.74, 6) is 0. The number of aryl methyl sites for hydroxylation is 1. The highest BCUT2D eigenvalue weighted by Gasteiger charge is 2.08. The molecule has 0 spiro atoms. The van der Waals surface area contributed by atoms with Crippen LogP contribution in [0.5, 0.6) is 0 Å². The highest BCUT2D eigenvalue weighted by Crippen LogP contribution is 2.17. The van der Waals surface area contributed by atoms with E-state index in [0.29, 0.717) is 6.04 Å². The molecule has 2 aromatic rings. The van der Waals surface area contributed by atoms with E-state index in [9.17, 15) is 0 Å². The lowest BCUT2D eigenvalue weighted by molar-refractivity contribution is 0.483. The van der Waals surface area contributed by atoms with Crippen LogP contribution in [0.25, 0.3) is 10.9 Å². The Bertz CT molecular complexity index is 516. The second-order valence-corrected chi connectivity index (χ2v) is 5.37. The summed E-state index contributed by atoms with van der Waals surface area (Å²) in [7, 11) is 2.01. The minimum absolute atomic E-state index is 0.562. The van der Waals surface area contributed by atoms with Gasteiger partial charge in [0.2, 0.25) is 0 Å². The van der Waals surface area contributed by atoms with Gasteiger partial charge in [0.15, 0.2) is 0 Å². The van der Waals surface area contributed by atoms with Crippen LogP contribution in [0.3, 0.4) is 0 Å². The van der Waals surface area contributed by atoms with E-state index in [1.807, 2.05) is 11.7 Å². The van der Waals surface area contributed by atoms with E-state index >= 15 is 0 Å². The van der Waals surface area contributed by atoms with E-state index in [4.69, 9.17) is 0 Å². The molecule has 0 saturated heterocycles. The number of hydrogen-bond acceptors (Lipinski definition) is 2. The van der Waals surface area contributed by atoms with Gasteiger partial charge in [-0.25, -0.2) is 0 Å². The Morgan fingerprint density at radius 1 is 1.26 bits per heavy atom. The van der Waals surface area contributed by atoms with Crippen molar-refractivity contribution >= 4 is 10.9 Å². The molecule has 1 N–H and O–H groups in total. The molecule has 0 aliphatic heterocycles. The maximum absolute atomic E-state index is 4.61. The summed E-state index contributed by atoms with van der Waals surface area (Å²) in [6.45, 7) is 5.37. The highest BCUT2D eigenvalue weighted by molar-refractivity contribution is 5.81. The summed E-state index contributed by atoms with van der Waals surface area (Å²) in [6, 6.07) is 8.98. The number of unbranched alkanes of at least 4 members (excludes halogenated alkanes) is 2. The van der Waals surface area contributed by atoms with E-state index in [1.165, 1.54) is 36.6 Å². The van der Waals surface area contributed by atoms with E-state index in [-0.39, 0.29) is 0 Å². The fraction of sp³-hybridized carbons (Fsp3) is 0.562. The molecule has 2 rings (SSSR count). The van der Waals surface area contributed by atoms with Gasteiger partial charge in [0.1, 0.15) is 0 Å². The van der Waals surface area contributed by atoms with Crippen molar-refractivity contribution in [3.8, 4) is 0 Å². The smallest absolute Gasteiger partial charge is 0.0841 e. The van der Waals surface area contributed by atoms with Crippen LogP contribution < -0.4 is 5.32 Å². The monoisotopic (exact) mass is 259 g/mol. The normalized spacial score (nSPS) is 13.0. The molecular formula is C16H25N3. The summed E-state index contributed by atoms with van der Waals surface area (Å²) >= 11 is 0. The number of benzene rings is 1. The Morgan fingerprint density at radius 2 is 2.05 bits per heavy atom. The van der Waals surface area contributed by atoms with Gasteiger partial charge in [-0.2, -0.15) is 5.10 Å². The summed E-state index contributed by atoms with van der Waals surface area (Å²) < 4.78 is 1.97. The van der Waals surface area contributed by atoms with Crippen molar-refractivity contribution in [3.63, 3.8) is 0 Å². The zero-order valence-electron chi connectivity index (χ0n) is 12.3. The predicted octanol–water partition coefficient (Wildman–Crippen LogP) is 3.63. The highest BCUT2D eigenvalue weighted by atomic mass is 15.3. The van der Waals surface area contributed by atoms with Crippen molar-refractivity contribution < 1.29 is 0 Å². The minimum Gasteiger partial charge on any atom is -0.309 e. The maximum Gasteiger partial charge on any atom is 0.0841 e. The van der Waals surface area contributed by atoms with Crippen LogP contribution in [-0.2, 0) is 13.6 Å². The van der Waals surface area contributed by atoms with Gasteiger partial charge in [-0.15, -0.1) is 0 Å². The van der Waals surface area contributed by atoms with Crippen molar-refractivity contribution in [3.05, 3.63) is 30.0 Å². The molecule has 1 unspecified atom stereocenters. The standard InChI is InChI=1S/C16H25N3/c1-4-5-6-9-13(2)17-12-15-14-10-7-8-11-16(14)19(3)18-15/h7-8,10-11,13,17H,4-6,9,12H2,1-3H3. The van der Waals surface area contributed by atoms with Gasteiger partial charge in [0, 0.05) is 25.0 Å². The zero-order valence-corrected chi connectivity index (χ0v) is 12.3. The Kier molecular flexibility index (Phi) is 4.97. The molecule has 1 aromatic heterocycles. The summed E-state index contributed by atoms with van der Waals surface area (Å²) in [5.41, 5.74) is 2.36. The Morgan fingerprint density at radius 3 is 2.84 bits per heavy atom. The molecule has 0 aliphatic rings. The molecule has 0 amide bonds. The van der Waals surface area contributed by atoms with Gasteiger partial charge in [0.05, 0.1) is 11.2 Å². The topological polar surface area (TPSA) is 29.9 Å². The van der Waals surface area contributed by atoms with Gasteiger partial charge < -0.3 is 5.32 Å². The lowest BCUT2D eigenvalue weighted by Gasteiger charge is -2.12. The second-order valence-electron chi connectivity index (χ2n) is 5.37. The van der Waals surface area contributed by atoms with Crippen molar-refractivity contribution in [1.29, 1.82) is 0 Å². The van der Waals surface area contributed by atoms with E-state index in [0.717, 1.165) is 12.2 Å². The van der Waals surface area contributed by atoms with E-state index in [1.54, 1.807) is 0 Å². The summed E-state index contributed by atoms with van der Waals surface area (Å²) in [6.07, 6.45) is 5.18. The van der Waals surface area contributed by atoms with Crippen LogP contribution in [-0.4, -0.2) is 15.8 Å². The van der Waals surface area contributed by atoms with Crippen molar-refractivity contribution in [2.45, 2.75) is 52.1 Å². The zero-order chi connectivity index (χ0) is 13.7. The van der Waals surface area contributed by atoms with Crippen molar-refractivity contribution in [1.82, 2.24) is 15.1 Å². The fourth-order valence-corrected chi connectivity index (χ4v) is 2.49. The summed E-state index contributed by atoms with van der Waals surface area (Å²) in [5, 5.41) is 9.46. The van der Waals surface area contributed by atoms with E-state index < -0.39 is 0 Å². The first-order chi connectivity index (χ1) is 9.22. The van der Waals surface area contributed by atoms with Crippen LogP contribution in [0.15, 0.2) is 24.3 Å². The molecule has 0 saturated carbocycles. The maximum atomic E-state index is 4.61. The molecule has 0 fully saturated rings. The lowest BCUT2D eigenvalue weighted by atomic mass is 10.1. The van der Waals surface area contributed by atoms with Crippen molar-refractivity contribution in [2.24, 2.45) is 7.05 Å². The van der Waals surface area contributed by atoms with Gasteiger partial charge in [-0.05, 0) is 19.4 Å². The van der Waals surface area contributed by atoms with Crippen LogP contribution in [0, 0.1) is 0 Å². The van der Waals surface area contributed by atoms with Gasteiger partial charge in [-0.3, -0.25) is 4.68 Å².